The first kappa shape index (κ1) is 40.3. The number of aromatic nitrogens is 5. The molecule has 3 heterocycles. The largest absolute Gasteiger partial charge is 0.461 e. The van der Waals surface area contributed by atoms with Crippen molar-refractivity contribution in [2.75, 3.05) is 11.8 Å². The maximum atomic E-state index is 15.5. The van der Waals surface area contributed by atoms with E-state index in [-0.39, 0.29) is 23.5 Å². The molecule has 1 amide bonds. The highest BCUT2D eigenvalue weighted by Gasteiger charge is 2.28. The number of anilines is 1. The first-order valence-electron chi connectivity index (χ1n) is 17.9. The van der Waals surface area contributed by atoms with E-state index in [1.807, 2.05) is 18.6 Å². The van der Waals surface area contributed by atoms with Gasteiger partial charge in [-0.15, -0.1) is 0 Å². The zero-order valence-electron chi connectivity index (χ0n) is 31.4. The lowest BCUT2D eigenvalue weighted by Crippen LogP contribution is -2.44. The SMILES string of the molecule is CCC(CC)OC(=O)[C@H](Cc1ccc(-n2c(=O)c3ccncc3n2C)cc1)NC(=O)c1cc(F)c(NS(=O)(=O)c2ccc(-c3cnc(COC)nc3)cc2)cc1F. The van der Waals surface area contributed by atoms with Gasteiger partial charge in [-0.2, -0.15) is 0 Å². The predicted molar refractivity (Wildman–Crippen MR) is 207 cm³/mol. The summed E-state index contributed by atoms with van der Waals surface area (Å²) < 4.78 is 73.0. The Balaban J connectivity index is 1.19. The Morgan fingerprint density at radius 2 is 1.58 bits per heavy atom. The standard InChI is InChI=1S/C40H39F2N7O7S/c1-5-28(6-2)56-40(52)35(17-24-7-11-27(12-8-24)49-39(51)30-15-16-43-22-36(30)48(49)3)46-38(50)31-18-33(42)34(19-32(31)41)47-57(53,54)29-13-9-25(10-14-29)26-20-44-37(23-55-4)45-21-26/h7-16,18-22,28,35,47H,5-6,17,23H2,1-4H3,(H,46,50)/t35-/m0/s1. The molecule has 0 radical (unpaired) electrons. The summed E-state index contributed by atoms with van der Waals surface area (Å²) in [5.41, 5.74) is 1.21. The van der Waals surface area contributed by atoms with E-state index >= 15 is 8.78 Å². The number of carbonyl (C=O) groups excluding carboxylic acids is 2. The first-order chi connectivity index (χ1) is 27.3. The number of ether oxygens (including phenoxy) is 2. The van der Waals surface area contributed by atoms with E-state index < -0.39 is 56.9 Å². The normalized spacial score (nSPS) is 12.1. The van der Waals surface area contributed by atoms with E-state index in [2.05, 4.69) is 20.3 Å². The van der Waals surface area contributed by atoms with Crippen LogP contribution in [0.5, 0.6) is 0 Å². The van der Waals surface area contributed by atoms with Crippen LogP contribution in [0.15, 0.2) is 101 Å². The van der Waals surface area contributed by atoms with Gasteiger partial charge in [0.05, 0.1) is 38.9 Å². The summed E-state index contributed by atoms with van der Waals surface area (Å²) in [6.07, 6.45) is 6.71. The van der Waals surface area contributed by atoms with Crippen molar-refractivity contribution in [2.24, 2.45) is 7.05 Å². The highest BCUT2D eigenvalue weighted by Crippen LogP contribution is 2.26. The number of esters is 1. The summed E-state index contributed by atoms with van der Waals surface area (Å²) in [6, 6.07) is 13.7. The topological polar surface area (TPSA) is 176 Å². The lowest BCUT2D eigenvalue weighted by atomic mass is 10.0. The molecular formula is C40H39F2N7O7S. The smallest absolute Gasteiger partial charge is 0.329 e. The molecule has 14 nitrogen and oxygen atoms in total. The third kappa shape index (κ3) is 8.89. The van der Waals surface area contributed by atoms with E-state index in [9.17, 15) is 22.8 Å². The second-order valence-corrected chi connectivity index (χ2v) is 14.8. The van der Waals surface area contributed by atoms with Gasteiger partial charge in [0.15, 0.2) is 5.82 Å². The highest BCUT2D eigenvalue weighted by molar-refractivity contribution is 7.92. The van der Waals surface area contributed by atoms with Gasteiger partial charge >= 0.3 is 5.97 Å². The molecule has 1 atom stereocenters. The fourth-order valence-corrected chi connectivity index (χ4v) is 7.21. The molecule has 0 spiro atoms. The van der Waals surface area contributed by atoms with Gasteiger partial charge in [0.25, 0.3) is 21.5 Å². The molecule has 0 aliphatic heterocycles. The van der Waals surface area contributed by atoms with Crippen LogP contribution in [0.4, 0.5) is 14.5 Å². The van der Waals surface area contributed by atoms with Gasteiger partial charge < -0.3 is 14.8 Å². The monoisotopic (exact) mass is 799 g/mol. The Labute approximate surface area is 326 Å². The van der Waals surface area contributed by atoms with Crippen molar-refractivity contribution in [2.45, 2.75) is 56.8 Å². The van der Waals surface area contributed by atoms with E-state index in [1.54, 1.807) is 60.7 Å². The van der Waals surface area contributed by atoms with Crippen LogP contribution in [0.2, 0.25) is 0 Å². The number of carbonyl (C=O) groups is 2. The lowest BCUT2D eigenvalue weighted by Gasteiger charge is -2.22. The lowest BCUT2D eigenvalue weighted by molar-refractivity contribution is -0.151. The molecule has 3 aromatic carbocycles. The molecule has 0 unspecified atom stereocenters. The second kappa shape index (κ2) is 17.2. The zero-order valence-corrected chi connectivity index (χ0v) is 32.2. The van der Waals surface area contributed by atoms with Gasteiger partial charge in [-0.05, 0) is 60.4 Å². The van der Waals surface area contributed by atoms with Gasteiger partial charge in [0.1, 0.15) is 30.4 Å². The quantitative estimate of drug-likeness (QED) is 0.127. The van der Waals surface area contributed by atoms with Crippen molar-refractivity contribution in [1.82, 2.24) is 29.6 Å². The predicted octanol–water partition coefficient (Wildman–Crippen LogP) is 5.48. The van der Waals surface area contributed by atoms with Crippen LogP contribution in [0.1, 0.15) is 48.4 Å². The molecule has 0 fully saturated rings. The molecule has 6 rings (SSSR count). The molecule has 0 saturated carbocycles. The number of methoxy groups -OCH3 is 1. The summed E-state index contributed by atoms with van der Waals surface area (Å²) in [5.74, 6) is -3.92. The summed E-state index contributed by atoms with van der Waals surface area (Å²) in [6.45, 7) is 3.90. The number of benzene rings is 3. The van der Waals surface area contributed by atoms with E-state index in [4.69, 9.17) is 9.47 Å². The third-order valence-corrected chi connectivity index (χ3v) is 10.7. The average Bonchev–Trinajstić information content (AvgIpc) is 3.47. The number of hydrogen-bond donors (Lipinski definition) is 2. The molecule has 17 heteroatoms. The zero-order chi connectivity index (χ0) is 40.9. The number of aryl methyl sites for hydroxylation is 1. The molecule has 6 aromatic rings. The van der Waals surface area contributed by atoms with Crippen molar-refractivity contribution < 1.29 is 36.3 Å². The minimum absolute atomic E-state index is 0.0914. The molecule has 0 aliphatic rings. The van der Waals surface area contributed by atoms with Crippen molar-refractivity contribution in [1.29, 1.82) is 0 Å². The van der Waals surface area contributed by atoms with Crippen LogP contribution in [-0.2, 0) is 44.4 Å². The Bertz CT molecular complexity index is 2580. The summed E-state index contributed by atoms with van der Waals surface area (Å²) in [4.78, 5) is 52.2. The number of nitrogens with one attached hydrogen (secondary N) is 2. The Kier molecular flexibility index (Phi) is 12.2. The second-order valence-electron chi connectivity index (χ2n) is 13.1. The van der Waals surface area contributed by atoms with Gasteiger partial charge in [0, 0.05) is 50.8 Å². The molecule has 3 aromatic heterocycles. The Morgan fingerprint density at radius 1 is 0.895 bits per heavy atom. The summed E-state index contributed by atoms with van der Waals surface area (Å²) in [7, 11) is -1.16. The van der Waals surface area contributed by atoms with Crippen molar-refractivity contribution in [3.8, 4) is 16.8 Å². The van der Waals surface area contributed by atoms with E-state index in [0.717, 1.165) is 0 Å². The van der Waals surface area contributed by atoms with E-state index in [0.29, 0.717) is 64.1 Å². The van der Waals surface area contributed by atoms with Crippen LogP contribution in [-0.4, -0.2) is 63.9 Å². The molecule has 0 saturated heterocycles. The third-order valence-electron chi connectivity index (χ3n) is 9.30. The van der Waals surface area contributed by atoms with Crippen LogP contribution >= 0.6 is 0 Å². The molecule has 2 N–H and O–H groups in total. The van der Waals surface area contributed by atoms with Crippen molar-refractivity contribution in [3.63, 3.8) is 0 Å². The van der Waals surface area contributed by atoms with Gasteiger partial charge in [-0.1, -0.05) is 38.1 Å². The molecule has 0 aliphatic carbocycles. The Morgan fingerprint density at radius 3 is 2.21 bits per heavy atom. The number of nitrogens with zero attached hydrogens (tertiary/aromatic N) is 5. The number of fused-ring (bicyclic) bond motifs is 1. The number of rotatable bonds is 15. The molecular weight excluding hydrogens is 761 g/mol. The minimum atomic E-state index is -4.40. The molecule has 0 bridgehead atoms. The van der Waals surface area contributed by atoms with Crippen LogP contribution in [0.25, 0.3) is 27.7 Å². The van der Waals surface area contributed by atoms with Crippen LogP contribution < -0.4 is 15.6 Å². The number of sulfonamides is 1. The first-order valence-corrected chi connectivity index (χ1v) is 19.4. The van der Waals surface area contributed by atoms with Gasteiger partial charge in [0.2, 0.25) is 0 Å². The highest BCUT2D eigenvalue weighted by atomic mass is 32.2. The number of hydrogen-bond acceptors (Lipinski definition) is 10. The molecule has 57 heavy (non-hydrogen) atoms. The summed E-state index contributed by atoms with van der Waals surface area (Å²) in [5, 5.41) is 2.95. The van der Waals surface area contributed by atoms with Crippen molar-refractivity contribution >= 4 is 38.5 Å². The fourth-order valence-electron chi connectivity index (χ4n) is 6.15. The number of halogens is 2. The minimum Gasteiger partial charge on any atom is -0.461 e. The van der Waals surface area contributed by atoms with Gasteiger partial charge in [-0.25, -0.2) is 36.6 Å². The van der Waals surface area contributed by atoms with E-state index in [1.165, 1.54) is 42.3 Å². The maximum absolute atomic E-state index is 15.5. The van der Waals surface area contributed by atoms with Crippen LogP contribution in [0, 0.1) is 11.6 Å². The van der Waals surface area contributed by atoms with Crippen LogP contribution in [0.3, 0.4) is 0 Å². The molecule has 296 valence electrons. The van der Waals surface area contributed by atoms with Crippen molar-refractivity contribution in [3.05, 3.63) is 130 Å². The van der Waals surface area contributed by atoms with Gasteiger partial charge in [-0.3, -0.25) is 24.0 Å². The summed E-state index contributed by atoms with van der Waals surface area (Å²) >= 11 is 0. The number of pyridine rings is 1. The fraction of sp³-hybridized carbons (Fsp3) is 0.250. The number of amides is 1. The Hall–Kier alpha value is -6.33. The average molecular weight is 800 g/mol. The maximum Gasteiger partial charge on any atom is 0.329 e.